The van der Waals surface area contributed by atoms with Crippen molar-refractivity contribution in [1.29, 1.82) is 0 Å². The molecule has 0 aromatic carbocycles. The van der Waals surface area contributed by atoms with Crippen LogP contribution in [0.2, 0.25) is 0 Å². The minimum Gasteiger partial charge on any atom is -0.373 e. The van der Waals surface area contributed by atoms with Gasteiger partial charge in [0.15, 0.2) is 0 Å². The van der Waals surface area contributed by atoms with Crippen molar-refractivity contribution in [1.82, 2.24) is 9.88 Å². The van der Waals surface area contributed by atoms with E-state index in [4.69, 9.17) is 0 Å². The van der Waals surface area contributed by atoms with E-state index in [1.807, 2.05) is 4.90 Å². The van der Waals surface area contributed by atoms with Crippen LogP contribution in [-0.2, 0) is 0 Å². The lowest BCUT2D eigenvalue weighted by Gasteiger charge is -2.38. The summed E-state index contributed by atoms with van der Waals surface area (Å²) < 4.78 is 0. The topological polar surface area (TPSA) is 74.5 Å². The van der Waals surface area contributed by atoms with Gasteiger partial charge in [-0.1, -0.05) is 0 Å². The van der Waals surface area contributed by atoms with Crippen molar-refractivity contribution < 1.29 is 4.92 Å². The summed E-state index contributed by atoms with van der Waals surface area (Å²) in [6.07, 6.45) is 0. The highest BCUT2D eigenvalue weighted by Crippen LogP contribution is 2.30. The van der Waals surface area contributed by atoms with Crippen molar-refractivity contribution in [2.75, 3.05) is 43.9 Å². The number of anilines is 2. The number of aromatic nitrogens is 1. The van der Waals surface area contributed by atoms with Crippen LogP contribution in [0.25, 0.3) is 0 Å². The van der Waals surface area contributed by atoms with Crippen LogP contribution in [0.5, 0.6) is 0 Å². The van der Waals surface area contributed by atoms with E-state index in [0.29, 0.717) is 11.6 Å². The summed E-state index contributed by atoms with van der Waals surface area (Å²) in [6, 6.07) is 3.35. The Balaban J connectivity index is 2.38. The zero-order chi connectivity index (χ0) is 14.0. The smallest absolute Gasteiger partial charge is 0.311 e. The van der Waals surface area contributed by atoms with Gasteiger partial charge in [-0.3, -0.25) is 10.1 Å². The molecule has 0 aliphatic carbocycles. The highest BCUT2D eigenvalue weighted by atomic mass is 16.6. The van der Waals surface area contributed by atoms with Gasteiger partial charge >= 0.3 is 5.69 Å². The molecule has 1 unspecified atom stereocenters. The van der Waals surface area contributed by atoms with Crippen molar-refractivity contribution in [3.63, 3.8) is 0 Å². The van der Waals surface area contributed by atoms with Gasteiger partial charge in [-0.15, -0.1) is 0 Å². The molecule has 1 N–H and O–H groups in total. The molecule has 0 amide bonds. The normalized spacial score (nSPS) is 20.4. The lowest BCUT2D eigenvalue weighted by molar-refractivity contribution is -0.384. The van der Waals surface area contributed by atoms with Crippen LogP contribution >= 0.6 is 0 Å². The standard InChI is InChI=1S/C12H19N5O2/c1-9-8-15(3)6-7-16(9)12-10(17(18)19)4-5-11(13-2)14-12/h4-5,9H,6-8H2,1-3H3,(H,13,14). The SMILES string of the molecule is CNc1ccc([N+](=O)[O-])c(N2CCN(C)CC2C)n1. The monoisotopic (exact) mass is 265 g/mol. The largest absolute Gasteiger partial charge is 0.373 e. The molecule has 104 valence electrons. The summed E-state index contributed by atoms with van der Waals surface area (Å²) in [6.45, 7) is 4.57. The lowest BCUT2D eigenvalue weighted by Crippen LogP contribution is -2.51. The zero-order valence-corrected chi connectivity index (χ0v) is 11.5. The first-order valence-electron chi connectivity index (χ1n) is 6.31. The van der Waals surface area contributed by atoms with Gasteiger partial charge < -0.3 is 15.1 Å². The van der Waals surface area contributed by atoms with E-state index in [1.165, 1.54) is 6.07 Å². The Bertz CT molecular complexity index is 479. The van der Waals surface area contributed by atoms with Gasteiger partial charge in [0.05, 0.1) is 4.92 Å². The third-order valence-electron chi connectivity index (χ3n) is 3.41. The minimum atomic E-state index is -0.368. The van der Waals surface area contributed by atoms with Crippen molar-refractivity contribution in [2.45, 2.75) is 13.0 Å². The lowest BCUT2D eigenvalue weighted by atomic mass is 10.2. The first-order chi connectivity index (χ1) is 9.02. The molecule has 1 aliphatic rings. The summed E-state index contributed by atoms with van der Waals surface area (Å²) in [4.78, 5) is 19.4. The Kier molecular flexibility index (Phi) is 3.84. The van der Waals surface area contributed by atoms with Crippen molar-refractivity contribution in [3.8, 4) is 0 Å². The summed E-state index contributed by atoms with van der Waals surface area (Å²) in [5.41, 5.74) is 0.0652. The molecule has 1 saturated heterocycles. The number of piperazine rings is 1. The van der Waals surface area contributed by atoms with Gasteiger partial charge in [0.2, 0.25) is 5.82 Å². The Labute approximate surface area is 112 Å². The van der Waals surface area contributed by atoms with Gasteiger partial charge in [-0.2, -0.15) is 0 Å². The molecule has 2 rings (SSSR count). The van der Waals surface area contributed by atoms with Gasteiger partial charge in [0.25, 0.3) is 0 Å². The highest BCUT2D eigenvalue weighted by molar-refractivity contribution is 5.62. The fraction of sp³-hybridized carbons (Fsp3) is 0.583. The van der Waals surface area contributed by atoms with E-state index in [-0.39, 0.29) is 16.7 Å². The molecule has 7 nitrogen and oxygen atoms in total. The molecule has 2 heterocycles. The number of nitrogens with one attached hydrogen (secondary N) is 1. The van der Waals surface area contributed by atoms with Gasteiger partial charge in [0.1, 0.15) is 5.82 Å². The molecule has 1 atom stereocenters. The Morgan fingerprint density at radius 1 is 1.47 bits per heavy atom. The number of pyridine rings is 1. The van der Waals surface area contributed by atoms with Crippen molar-refractivity contribution >= 4 is 17.3 Å². The van der Waals surface area contributed by atoms with Crippen LogP contribution in [-0.4, -0.2) is 54.6 Å². The van der Waals surface area contributed by atoms with E-state index in [1.54, 1.807) is 13.1 Å². The summed E-state index contributed by atoms with van der Waals surface area (Å²) in [7, 11) is 3.81. The number of nitrogens with zero attached hydrogens (tertiary/aromatic N) is 4. The average molecular weight is 265 g/mol. The maximum atomic E-state index is 11.1. The Morgan fingerprint density at radius 3 is 2.79 bits per heavy atom. The third kappa shape index (κ3) is 2.76. The number of likely N-dealkylation sites (N-methyl/N-ethyl adjacent to an activating group) is 1. The molecule has 0 bridgehead atoms. The van der Waals surface area contributed by atoms with Crippen LogP contribution in [0.15, 0.2) is 12.1 Å². The molecule has 0 saturated carbocycles. The number of hydrogen-bond donors (Lipinski definition) is 1. The fourth-order valence-corrected chi connectivity index (χ4v) is 2.39. The van der Waals surface area contributed by atoms with Crippen LogP contribution in [0.3, 0.4) is 0 Å². The molecular weight excluding hydrogens is 246 g/mol. The van der Waals surface area contributed by atoms with Crippen molar-refractivity contribution in [2.24, 2.45) is 0 Å². The quantitative estimate of drug-likeness (QED) is 0.653. The van der Waals surface area contributed by atoms with E-state index >= 15 is 0 Å². The van der Waals surface area contributed by atoms with Gasteiger partial charge in [0, 0.05) is 38.8 Å². The summed E-state index contributed by atoms with van der Waals surface area (Å²) >= 11 is 0. The second-order valence-electron chi connectivity index (χ2n) is 4.85. The predicted molar refractivity (Wildman–Crippen MR) is 74.7 cm³/mol. The first-order valence-corrected chi connectivity index (χ1v) is 6.31. The fourth-order valence-electron chi connectivity index (χ4n) is 2.39. The Hall–Kier alpha value is -1.89. The zero-order valence-electron chi connectivity index (χ0n) is 11.5. The second kappa shape index (κ2) is 5.40. The van der Waals surface area contributed by atoms with Crippen LogP contribution < -0.4 is 10.2 Å². The molecule has 1 aliphatic heterocycles. The molecule has 0 radical (unpaired) electrons. The van der Waals surface area contributed by atoms with E-state index in [9.17, 15) is 10.1 Å². The molecule has 1 aromatic heterocycles. The molecule has 7 heteroatoms. The van der Waals surface area contributed by atoms with Crippen LogP contribution in [0.1, 0.15) is 6.92 Å². The molecule has 0 spiro atoms. The van der Waals surface area contributed by atoms with Gasteiger partial charge in [-0.05, 0) is 20.0 Å². The molecule has 19 heavy (non-hydrogen) atoms. The Morgan fingerprint density at radius 2 is 2.21 bits per heavy atom. The highest BCUT2D eigenvalue weighted by Gasteiger charge is 2.28. The van der Waals surface area contributed by atoms with E-state index in [0.717, 1.165) is 19.6 Å². The maximum Gasteiger partial charge on any atom is 0.311 e. The van der Waals surface area contributed by atoms with E-state index < -0.39 is 0 Å². The second-order valence-corrected chi connectivity index (χ2v) is 4.85. The summed E-state index contributed by atoms with van der Waals surface area (Å²) in [5, 5.41) is 14.1. The molecular formula is C12H19N5O2. The minimum absolute atomic E-state index is 0.0652. The number of nitro groups is 1. The molecule has 1 aromatic rings. The van der Waals surface area contributed by atoms with Crippen LogP contribution in [0, 0.1) is 10.1 Å². The maximum absolute atomic E-state index is 11.1. The van der Waals surface area contributed by atoms with Crippen molar-refractivity contribution in [3.05, 3.63) is 22.2 Å². The number of hydrogen-bond acceptors (Lipinski definition) is 6. The predicted octanol–water partition coefficient (Wildman–Crippen LogP) is 1.17. The first kappa shape index (κ1) is 13.5. The number of rotatable bonds is 3. The van der Waals surface area contributed by atoms with Gasteiger partial charge in [-0.25, -0.2) is 4.98 Å². The average Bonchev–Trinajstić information content (AvgIpc) is 2.38. The van der Waals surface area contributed by atoms with E-state index in [2.05, 4.69) is 29.2 Å². The molecule has 1 fully saturated rings. The third-order valence-corrected chi connectivity index (χ3v) is 3.41. The van der Waals surface area contributed by atoms with Crippen LogP contribution in [0.4, 0.5) is 17.3 Å². The summed E-state index contributed by atoms with van der Waals surface area (Å²) in [5.74, 6) is 1.10.